The van der Waals surface area contributed by atoms with E-state index in [1.807, 2.05) is 37.3 Å². The van der Waals surface area contributed by atoms with E-state index >= 15 is 0 Å². The average Bonchev–Trinajstić information content (AvgIpc) is 2.79. The minimum Gasteiger partial charge on any atom is -0.480 e. The van der Waals surface area contributed by atoms with Gasteiger partial charge in [0.2, 0.25) is 0 Å². The Balaban J connectivity index is 2.04. The number of carbonyl (C=O) groups is 1. The van der Waals surface area contributed by atoms with Crippen molar-refractivity contribution in [2.24, 2.45) is 0 Å². The van der Waals surface area contributed by atoms with Gasteiger partial charge in [0.25, 0.3) is 0 Å². The van der Waals surface area contributed by atoms with Crippen molar-refractivity contribution in [2.45, 2.75) is 23.5 Å². The third kappa shape index (κ3) is 2.90. The number of aryl methyl sites for hydroxylation is 1. The van der Waals surface area contributed by atoms with Crippen molar-refractivity contribution in [3.63, 3.8) is 0 Å². The fourth-order valence-corrected chi connectivity index (χ4v) is 2.89. The summed E-state index contributed by atoms with van der Waals surface area (Å²) in [6.45, 7) is 1.87. The maximum Gasteiger partial charge on any atom is 0.323 e. The van der Waals surface area contributed by atoms with E-state index in [-0.39, 0.29) is 6.54 Å². The van der Waals surface area contributed by atoms with Gasteiger partial charge in [0.15, 0.2) is 10.8 Å². The third-order valence-corrected chi connectivity index (χ3v) is 3.99. The highest BCUT2D eigenvalue weighted by Crippen LogP contribution is 2.29. The van der Waals surface area contributed by atoms with Gasteiger partial charge in [-0.2, -0.15) is 0 Å². The van der Waals surface area contributed by atoms with Crippen molar-refractivity contribution in [3.05, 3.63) is 48.2 Å². The van der Waals surface area contributed by atoms with Crippen LogP contribution in [0, 0.1) is 6.92 Å². The molecule has 0 radical (unpaired) electrons. The molecule has 0 aliphatic heterocycles. The summed E-state index contributed by atoms with van der Waals surface area (Å²) >= 11 is 1.44. The molecule has 21 heavy (non-hydrogen) atoms. The Labute approximate surface area is 125 Å². The zero-order valence-corrected chi connectivity index (χ0v) is 12.2. The molecule has 5 nitrogen and oxygen atoms in total. The molecule has 106 valence electrons. The number of aromatic nitrogens is 3. The van der Waals surface area contributed by atoms with Crippen LogP contribution in [0.25, 0.3) is 11.2 Å². The highest BCUT2D eigenvalue weighted by Gasteiger charge is 2.15. The zero-order valence-electron chi connectivity index (χ0n) is 11.4. The number of carboxylic acid groups (broad SMARTS) is 1. The van der Waals surface area contributed by atoms with Crippen molar-refractivity contribution in [2.75, 3.05) is 0 Å². The van der Waals surface area contributed by atoms with Crippen molar-refractivity contribution in [1.82, 2.24) is 14.5 Å². The van der Waals surface area contributed by atoms with Gasteiger partial charge in [-0.3, -0.25) is 9.36 Å². The lowest BCUT2D eigenvalue weighted by Crippen LogP contribution is -2.10. The Morgan fingerprint density at radius 2 is 2.05 bits per heavy atom. The molecule has 0 amide bonds. The van der Waals surface area contributed by atoms with Crippen LogP contribution in [0.1, 0.15) is 5.56 Å². The summed E-state index contributed by atoms with van der Waals surface area (Å²) in [7, 11) is 0. The predicted molar refractivity (Wildman–Crippen MR) is 80.5 cm³/mol. The van der Waals surface area contributed by atoms with E-state index < -0.39 is 5.97 Å². The van der Waals surface area contributed by atoms with Gasteiger partial charge < -0.3 is 5.11 Å². The topological polar surface area (TPSA) is 68.0 Å². The number of pyridine rings is 1. The van der Waals surface area contributed by atoms with E-state index in [1.54, 1.807) is 16.8 Å². The molecule has 6 heteroatoms. The van der Waals surface area contributed by atoms with Crippen LogP contribution in [0.15, 0.2) is 52.6 Å². The van der Waals surface area contributed by atoms with Gasteiger partial charge in [-0.1, -0.05) is 29.5 Å². The molecule has 0 atom stereocenters. The molecule has 0 saturated carbocycles. The van der Waals surface area contributed by atoms with E-state index in [1.165, 1.54) is 17.3 Å². The van der Waals surface area contributed by atoms with Gasteiger partial charge in [0.05, 0.1) is 0 Å². The summed E-state index contributed by atoms with van der Waals surface area (Å²) in [5.41, 5.74) is 2.47. The summed E-state index contributed by atoms with van der Waals surface area (Å²) < 4.78 is 1.63. The van der Waals surface area contributed by atoms with Gasteiger partial charge in [-0.05, 0) is 31.2 Å². The number of aliphatic carboxylic acids is 1. The lowest BCUT2D eigenvalue weighted by Gasteiger charge is -2.05. The Hall–Kier alpha value is -2.34. The average molecular weight is 299 g/mol. The van der Waals surface area contributed by atoms with E-state index in [4.69, 9.17) is 5.11 Å². The second-order valence-corrected chi connectivity index (χ2v) is 5.68. The SMILES string of the molecule is Cc1ccc(Sc2nc3cccnc3n2CC(=O)O)cc1. The number of benzene rings is 1. The Morgan fingerprint density at radius 1 is 1.29 bits per heavy atom. The zero-order chi connectivity index (χ0) is 14.8. The molecule has 0 aliphatic carbocycles. The number of hydrogen-bond donors (Lipinski definition) is 1. The number of nitrogens with zero attached hydrogens (tertiary/aromatic N) is 3. The minimum atomic E-state index is -0.911. The fourth-order valence-electron chi connectivity index (χ4n) is 2.01. The molecule has 0 aliphatic rings. The Kier molecular flexibility index (Phi) is 3.62. The van der Waals surface area contributed by atoms with E-state index in [9.17, 15) is 4.79 Å². The fraction of sp³-hybridized carbons (Fsp3) is 0.133. The first-order chi connectivity index (χ1) is 10.1. The molecule has 0 saturated heterocycles. The number of rotatable bonds is 4. The van der Waals surface area contributed by atoms with Crippen LogP contribution >= 0.6 is 11.8 Å². The van der Waals surface area contributed by atoms with Crippen LogP contribution in [-0.2, 0) is 11.3 Å². The van der Waals surface area contributed by atoms with Crippen LogP contribution < -0.4 is 0 Å². The van der Waals surface area contributed by atoms with Crippen molar-refractivity contribution >= 4 is 28.9 Å². The standard InChI is InChI=1S/C15H13N3O2S/c1-10-4-6-11(7-5-10)21-15-17-12-3-2-8-16-14(12)18(15)9-13(19)20/h2-8H,9H2,1H3,(H,19,20). The summed E-state index contributed by atoms with van der Waals surface area (Å²) in [6.07, 6.45) is 1.64. The van der Waals surface area contributed by atoms with Crippen molar-refractivity contribution < 1.29 is 9.90 Å². The number of hydrogen-bond acceptors (Lipinski definition) is 4. The Bertz CT molecular complexity index is 796. The largest absolute Gasteiger partial charge is 0.480 e. The summed E-state index contributed by atoms with van der Waals surface area (Å²) in [6, 6.07) is 11.7. The first-order valence-corrected chi connectivity index (χ1v) is 7.23. The lowest BCUT2D eigenvalue weighted by molar-refractivity contribution is -0.137. The molecule has 2 heterocycles. The molecular weight excluding hydrogens is 286 g/mol. The van der Waals surface area contributed by atoms with Crippen LogP contribution in [0.5, 0.6) is 0 Å². The van der Waals surface area contributed by atoms with Crippen LogP contribution in [0.4, 0.5) is 0 Å². The van der Waals surface area contributed by atoms with Gasteiger partial charge in [0, 0.05) is 11.1 Å². The molecule has 2 aromatic heterocycles. The normalized spacial score (nSPS) is 10.9. The summed E-state index contributed by atoms with van der Waals surface area (Å²) in [5, 5.41) is 9.72. The molecular formula is C15H13N3O2S. The van der Waals surface area contributed by atoms with Gasteiger partial charge >= 0.3 is 5.97 Å². The summed E-state index contributed by atoms with van der Waals surface area (Å²) in [4.78, 5) is 20.8. The van der Waals surface area contributed by atoms with Crippen LogP contribution in [0.2, 0.25) is 0 Å². The number of imidazole rings is 1. The molecule has 3 aromatic rings. The van der Waals surface area contributed by atoms with Crippen LogP contribution in [0.3, 0.4) is 0 Å². The monoisotopic (exact) mass is 299 g/mol. The van der Waals surface area contributed by atoms with E-state index in [0.717, 1.165) is 4.90 Å². The quantitative estimate of drug-likeness (QED) is 0.802. The Morgan fingerprint density at radius 3 is 2.76 bits per heavy atom. The highest BCUT2D eigenvalue weighted by atomic mass is 32.2. The molecule has 0 fully saturated rings. The minimum absolute atomic E-state index is 0.151. The van der Waals surface area contributed by atoms with Crippen LogP contribution in [-0.4, -0.2) is 25.6 Å². The number of fused-ring (bicyclic) bond motifs is 1. The first kappa shape index (κ1) is 13.6. The highest BCUT2D eigenvalue weighted by molar-refractivity contribution is 7.99. The first-order valence-electron chi connectivity index (χ1n) is 6.41. The van der Waals surface area contributed by atoms with Gasteiger partial charge in [-0.15, -0.1) is 0 Å². The molecule has 1 N–H and O–H groups in total. The molecule has 0 spiro atoms. The second-order valence-electron chi connectivity index (χ2n) is 4.64. The van der Waals surface area contributed by atoms with Gasteiger partial charge in [-0.25, -0.2) is 9.97 Å². The summed E-state index contributed by atoms with van der Waals surface area (Å²) in [5.74, 6) is -0.911. The predicted octanol–water partition coefficient (Wildman–Crippen LogP) is 2.98. The van der Waals surface area contributed by atoms with E-state index in [0.29, 0.717) is 16.3 Å². The maximum absolute atomic E-state index is 11.1. The second kappa shape index (κ2) is 5.57. The molecule has 3 rings (SSSR count). The molecule has 0 bridgehead atoms. The lowest BCUT2D eigenvalue weighted by atomic mass is 10.2. The molecule has 0 unspecified atom stereocenters. The third-order valence-electron chi connectivity index (χ3n) is 2.99. The van der Waals surface area contributed by atoms with Crippen molar-refractivity contribution in [3.8, 4) is 0 Å². The van der Waals surface area contributed by atoms with Gasteiger partial charge in [0.1, 0.15) is 12.1 Å². The maximum atomic E-state index is 11.1. The van der Waals surface area contributed by atoms with E-state index in [2.05, 4.69) is 9.97 Å². The van der Waals surface area contributed by atoms with Crippen molar-refractivity contribution in [1.29, 1.82) is 0 Å². The number of carboxylic acids is 1. The smallest absolute Gasteiger partial charge is 0.323 e. The molecule has 1 aromatic carbocycles.